The maximum Gasteiger partial charge on any atom is 0.137 e. The van der Waals surface area contributed by atoms with E-state index >= 15 is 0 Å². The Morgan fingerprint density at radius 1 is 1.17 bits per heavy atom. The molecule has 6 heteroatoms. The fraction of sp³-hybridized carbons (Fsp3) is 0.176. The molecule has 118 valence electrons. The van der Waals surface area contributed by atoms with E-state index in [2.05, 4.69) is 10.1 Å². The highest BCUT2D eigenvalue weighted by atomic mass is 19.1. The van der Waals surface area contributed by atoms with Gasteiger partial charge in [-0.3, -0.25) is 0 Å². The van der Waals surface area contributed by atoms with Gasteiger partial charge in [0, 0.05) is 5.56 Å². The summed E-state index contributed by atoms with van der Waals surface area (Å²) < 4.78 is 20.9. The van der Waals surface area contributed by atoms with Crippen molar-refractivity contribution in [2.75, 3.05) is 7.11 Å². The van der Waals surface area contributed by atoms with Gasteiger partial charge in [0.05, 0.1) is 13.7 Å². The molecule has 0 aliphatic rings. The van der Waals surface area contributed by atoms with Gasteiger partial charge in [0.1, 0.15) is 29.8 Å². The minimum Gasteiger partial charge on any atom is -0.497 e. The molecule has 23 heavy (non-hydrogen) atoms. The van der Waals surface area contributed by atoms with E-state index in [9.17, 15) is 9.50 Å². The number of benzene rings is 2. The molecule has 0 bridgehead atoms. The van der Waals surface area contributed by atoms with E-state index < -0.39 is 11.4 Å². The highest BCUT2D eigenvalue weighted by Gasteiger charge is 2.35. The quantitative estimate of drug-likeness (QED) is 0.785. The smallest absolute Gasteiger partial charge is 0.137 e. The lowest BCUT2D eigenvalue weighted by atomic mass is 9.86. The summed E-state index contributed by atoms with van der Waals surface area (Å²) in [5, 5.41) is 15.3. The van der Waals surface area contributed by atoms with Crippen molar-refractivity contribution in [1.82, 2.24) is 14.8 Å². The molecule has 5 nitrogen and oxygen atoms in total. The van der Waals surface area contributed by atoms with Crippen molar-refractivity contribution in [3.8, 4) is 5.75 Å². The van der Waals surface area contributed by atoms with E-state index in [1.165, 1.54) is 23.4 Å². The molecule has 0 fully saturated rings. The summed E-state index contributed by atoms with van der Waals surface area (Å²) >= 11 is 0. The molecule has 0 saturated heterocycles. The van der Waals surface area contributed by atoms with Crippen LogP contribution in [0.1, 0.15) is 11.1 Å². The second-order valence-electron chi connectivity index (χ2n) is 5.16. The van der Waals surface area contributed by atoms with Gasteiger partial charge in [-0.25, -0.2) is 14.1 Å². The van der Waals surface area contributed by atoms with E-state index in [0.29, 0.717) is 11.3 Å². The van der Waals surface area contributed by atoms with Crippen molar-refractivity contribution >= 4 is 0 Å². The van der Waals surface area contributed by atoms with Crippen LogP contribution in [0.3, 0.4) is 0 Å². The van der Waals surface area contributed by atoms with Gasteiger partial charge in [0.15, 0.2) is 0 Å². The van der Waals surface area contributed by atoms with Gasteiger partial charge in [-0.05, 0) is 23.8 Å². The first-order chi connectivity index (χ1) is 11.1. The van der Waals surface area contributed by atoms with Gasteiger partial charge >= 0.3 is 0 Å². The minimum absolute atomic E-state index is 0.0419. The van der Waals surface area contributed by atoms with Gasteiger partial charge in [-0.1, -0.05) is 30.3 Å². The summed E-state index contributed by atoms with van der Waals surface area (Å²) in [6.45, 7) is 0.0419. The average Bonchev–Trinajstić information content (AvgIpc) is 3.08. The first-order valence-corrected chi connectivity index (χ1v) is 7.08. The molecule has 1 unspecified atom stereocenters. The zero-order valence-electron chi connectivity index (χ0n) is 12.6. The Morgan fingerprint density at radius 2 is 1.91 bits per heavy atom. The standard InChI is InChI=1S/C17H16FN3O2/c1-23-14-8-6-13(7-9-14)17(22,10-21-12-19-11-20-21)15-4-2-3-5-16(15)18/h2-9,11-12,22H,10H2,1H3. The van der Waals surface area contributed by atoms with Crippen molar-refractivity contribution in [3.05, 3.63) is 78.1 Å². The molecule has 1 aromatic heterocycles. The summed E-state index contributed by atoms with van der Waals surface area (Å²) in [6.07, 6.45) is 2.85. The summed E-state index contributed by atoms with van der Waals surface area (Å²) in [4.78, 5) is 3.87. The molecule has 0 amide bonds. The normalized spacial score (nSPS) is 13.5. The Kier molecular flexibility index (Phi) is 4.08. The van der Waals surface area contributed by atoms with Crippen LogP contribution in [-0.2, 0) is 12.1 Å². The number of halogens is 1. The number of aliphatic hydroxyl groups is 1. The molecule has 0 aliphatic heterocycles. The molecule has 0 saturated carbocycles. The lowest BCUT2D eigenvalue weighted by molar-refractivity contribution is 0.0535. The molecule has 0 aliphatic carbocycles. The van der Waals surface area contributed by atoms with E-state index in [0.717, 1.165) is 0 Å². The Balaban J connectivity index is 2.10. The molecule has 1 N–H and O–H groups in total. The summed E-state index contributed by atoms with van der Waals surface area (Å²) in [5.74, 6) is 0.177. The fourth-order valence-corrected chi connectivity index (χ4v) is 2.54. The van der Waals surface area contributed by atoms with Crippen molar-refractivity contribution in [1.29, 1.82) is 0 Å². The Morgan fingerprint density at radius 3 is 2.52 bits per heavy atom. The number of ether oxygens (including phenoxy) is 1. The van der Waals surface area contributed by atoms with Crippen LogP contribution >= 0.6 is 0 Å². The molecule has 3 rings (SSSR count). The number of hydrogen-bond acceptors (Lipinski definition) is 4. The third kappa shape index (κ3) is 2.93. The van der Waals surface area contributed by atoms with Gasteiger partial charge in [0.25, 0.3) is 0 Å². The van der Waals surface area contributed by atoms with Crippen molar-refractivity contribution < 1.29 is 14.2 Å². The number of nitrogens with zero attached hydrogens (tertiary/aromatic N) is 3. The third-order valence-corrected chi connectivity index (χ3v) is 3.74. The number of aromatic nitrogens is 3. The van der Waals surface area contributed by atoms with Crippen LogP contribution in [0, 0.1) is 5.82 Å². The van der Waals surface area contributed by atoms with Crippen LogP contribution in [0.5, 0.6) is 5.75 Å². The first-order valence-electron chi connectivity index (χ1n) is 7.08. The number of hydrogen-bond donors (Lipinski definition) is 1. The predicted molar refractivity (Wildman–Crippen MR) is 82.4 cm³/mol. The monoisotopic (exact) mass is 313 g/mol. The SMILES string of the molecule is COc1ccc(C(O)(Cn2cncn2)c2ccccc2F)cc1. The van der Waals surface area contributed by atoms with Crippen LogP contribution in [0.25, 0.3) is 0 Å². The zero-order chi connectivity index (χ0) is 16.3. The molecular formula is C17H16FN3O2. The number of methoxy groups -OCH3 is 1. The third-order valence-electron chi connectivity index (χ3n) is 3.74. The lowest BCUT2D eigenvalue weighted by Gasteiger charge is -2.29. The van der Waals surface area contributed by atoms with Crippen molar-refractivity contribution in [3.63, 3.8) is 0 Å². The lowest BCUT2D eigenvalue weighted by Crippen LogP contribution is -2.34. The van der Waals surface area contributed by atoms with Crippen LogP contribution in [-0.4, -0.2) is 27.0 Å². The topological polar surface area (TPSA) is 60.2 Å². The van der Waals surface area contributed by atoms with Gasteiger partial charge < -0.3 is 9.84 Å². The zero-order valence-corrected chi connectivity index (χ0v) is 12.6. The van der Waals surface area contributed by atoms with E-state index in [1.54, 1.807) is 49.6 Å². The summed E-state index contributed by atoms with van der Waals surface area (Å²) in [6, 6.07) is 13.0. The van der Waals surface area contributed by atoms with Gasteiger partial charge in [0.2, 0.25) is 0 Å². The second-order valence-corrected chi connectivity index (χ2v) is 5.16. The maximum atomic E-state index is 14.3. The van der Waals surface area contributed by atoms with E-state index in [-0.39, 0.29) is 12.1 Å². The molecule has 1 atom stereocenters. The minimum atomic E-state index is -1.58. The molecule has 2 aromatic carbocycles. The molecule has 1 heterocycles. The van der Waals surface area contributed by atoms with E-state index in [4.69, 9.17) is 4.74 Å². The molecule has 0 spiro atoms. The molecular weight excluding hydrogens is 297 g/mol. The Hall–Kier alpha value is -2.73. The van der Waals surface area contributed by atoms with Crippen LogP contribution in [0.15, 0.2) is 61.2 Å². The Bertz CT molecular complexity index is 775. The van der Waals surface area contributed by atoms with Crippen molar-refractivity contribution in [2.24, 2.45) is 0 Å². The maximum absolute atomic E-state index is 14.3. The summed E-state index contributed by atoms with van der Waals surface area (Å²) in [5.41, 5.74) is -0.856. The predicted octanol–water partition coefficient (Wildman–Crippen LogP) is 2.36. The van der Waals surface area contributed by atoms with Crippen molar-refractivity contribution in [2.45, 2.75) is 12.1 Å². The van der Waals surface area contributed by atoms with Crippen LogP contribution in [0.4, 0.5) is 4.39 Å². The largest absolute Gasteiger partial charge is 0.497 e. The van der Waals surface area contributed by atoms with Crippen LogP contribution in [0.2, 0.25) is 0 Å². The molecule has 3 aromatic rings. The second kappa shape index (κ2) is 6.18. The highest BCUT2D eigenvalue weighted by Crippen LogP contribution is 2.33. The van der Waals surface area contributed by atoms with Gasteiger partial charge in [-0.15, -0.1) is 0 Å². The van der Waals surface area contributed by atoms with Crippen LogP contribution < -0.4 is 4.74 Å². The van der Waals surface area contributed by atoms with E-state index in [1.807, 2.05) is 0 Å². The molecule has 0 radical (unpaired) electrons. The number of rotatable bonds is 5. The Labute approximate surface area is 133 Å². The first kappa shape index (κ1) is 15.2. The fourth-order valence-electron chi connectivity index (χ4n) is 2.54. The summed E-state index contributed by atoms with van der Waals surface area (Å²) in [7, 11) is 1.56. The van der Waals surface area contributed by atoms with Gasteiger partial charge in [-0.2, -0.15) is 5.10 Å². The highest BCUT2D eigenvalue weighted by molar-refractivity contribution is 5.39. The average molecular weight is 313 g/mol.